The fraction of sp³-hybridized carbons (Fsp3) is 0.652. The van der Waals surface area contributed by atoms with E-state index in [1.807, 2.05) is 18.2 Å². The third-order valence-corrected chi connectivity index (χ3v) is 6.94. The lowest BCUT2D eigenvalue weighted by Crippen LogP contribution is -2.47. The number of benzene rings is 1. The lowest BCUT2D eigenvalue weighted by molar-refractivity contribution is -0.142. The topological polar surface area (TPSA) is 96.9 Å². The van der Waals surface area contributed by atoms with Gasteiger partial charge in [0.1, 0.15) is 18.0 Å². The van der Waals surface area contributed by atoms with Crippen molar-refractivity contribution in [2.24, 2.45) is 11.8 Å². The maximum atomic E-state index is 12.3. The highest BCUT2D eigenvalue weighted by molar-refractivity contribution is 5.93. The first-order valence-electron chi connectivity index (χ1n) is 11.2. The van der Waals surface area contributed by atoms with Gasteiger partial charge in [0, 0.05) is 29.6 Å². The van der Waals surface area contributed by atoms with Crippen LogP contribution >= 0.6 is 0 Å². The van der Waals surface area contributed by atoms with Gasteiger partial charge in [-0.3, -0.25) is 9.59 Å². The van der Waals surface area contributed by atoms with E-state index in [0.29, 0.717) is 18.8 Å². The molecule has 0 aromatic heterocycles. The lowest BCUT2D eigenvalue weighted by Gasteiger charge is -2.37. The van der Waals surface area contributed by atoms with E-state index < -0.39 is 6.10 Å². The number of fused-ring (bicyclic) bond motifs is 3. The Morgan fingerprint density at radius 3 is 2.70 bits per heavy atom. The number of nitrogens with one attached hydrogen (secondary N) is 2. The first kappa shape index (κ1) is 19.8. The van der Waals surface area contributed by atoms with E-state index in [9.17, 15) is 14.7 Å². The minimum Gasteiger partial charge on any atom is -0.487 e. The fourth-order valence-electron chi connectivity index (χ4n) is 4.74. The van der Waals surface area contributed by atoms with Crippen molar-refractivity contribution in [3.63, 3.8) is 0 Å². The van der Waals surface area contributed by atoms with Crippen LogP contribution in [0.4, 0.5) is 5.69 Å². The molecular formula is C23H30N2O5. The smallest absolute Gasteiger partial charge is 0.227 e. The van der Waals surface area contributed by atoms with Crippen molar-refractivity contribution in [2.45, 2.75) is 69.2 Å². The van der Waals surface area contributed by atoms with E-state index in [2.05, 4.69) is 10.6 Å². The molecule has 0 spiro atoms. The standard InChI is InChI=1S/C23H30N2O5/c26-12-20-22-18(9-16(29-20)10-21(27)24-11-13-4-5-13)17-8-15(6-7-19(17)30-22)25-23(28)14-2-1-3-14/h6-8,13-14,16,18,20,22,26H,1-5,9-12H2,(H,24,27)(H,25,28)/t16-,18+,20+,22-/m1/s1. The second-order valence-electron chi connectivity index (χ2n) is 9.23. The molecule has 5 rings (SSSR count). The van der Waals surface area contributed by atoms with Crippen molar-refractivity contribution in [1.82, 2.24) is 5.32 Å². The average molecular weight is 415 g/mol. The van der Waals surface area contributed by atoms with Gasteiger partial charge >= 0.3 is 0 Å². The predicted molar refractivity (Wildman–Crippen MR) is 110 cm³/mol. The molecule has 1 saturated heterocycles. The van der Waals surface area contributed by atoms with E-state index in [0.717, 1.165) is 42.8 Å². The largest absolute Gasteiger partial charge is 0.487 e. The molecule has 3 N–H and O–H groups in total. The number of amides is 2. The zero-order valence-corrected chi connectivity index (χ0v) is 17.1. The van der Waals surface area contributed by atoms with E-state index in [1.54, 1.807) is 0 Å². The van der Waals surface area contributed by atoms with Gasteiger partial charge in [0.15, 0.2) is 0 Å². The van der Waals surface area contributed by atoms with E-state index >= 15 is 0 Å². The Labute approximate surface area is 176 Å². The molecule has 2 heterocycles. The van der Waals surface area contributed by atoms with E-state index in [-0.39, 0.29) is 42.5 Å². The summed E-state index contributed by atoms with van der Waals surface area (Å²) in [7, 11) is 0. The molecule has 162 valence electrons. The molecule has 0 bridgehead atoms. The Morgan fingerprint density at radius 1 is 1.17 bits per heavy atom. The second-order valence-corrected chi connectivity index (χ2v) is 9.23. The number of aliphatic hydroxyl groups is 1. The zero-order chi connectivity index (χ0) is 20.7. The van der Waals surface area contributed by atoms with Gasteiger partial charge in [0.2, 0.25) is 11.8 Å². The van der Waals surface area contributed by atoms with Crippen molar-refractivity contribution >= 4 is 17.5 Å². The molecule has 30 heavy (non-hydrogen) atoms. The Morgan fingerprint density at radius 2 is 2.00 bits per heavy atom. The normalized spacial score (nSPS) is 29.9. The molecule has 4 atom stereocenters. The van der Waals surface area contributed by atoms with Gasteiger partial charge in [-0.15, -0.1) is 0 Å². The maximum absolute atomic E-state index is 12.3. The van der Waals surface area contributed by atoms with Gasteiger partial charge in [0.05, 0.1) is 19.1 Å². The summed E-state index contributed by atoms with van der Waals surface area (Å²) < 4.78 is 12.1. The predicted octanol–water partition coefficient (Wildman–Crippen LogP) is 2.34. The van der Waals surface area contributed by atoms with Gasteiger partial charge < -0.3 is 25.2 Å². The summed E-state index contributed by atoms with van der Waals surface area (Å²) in [6.45, 7) is 0.595. The summed E-state index contributed by atoms with van der Waals surface area (Å²) in [5.41, 5.74) is 1.80. The van der Waals surface area contributed by atoms with Crippen molar-refractivity contribution in [3.8, 4) is 5.75 Å². The average Bonchev–Trinajstić information content (AvgIpc) is 3.45. The van der Waals surface area contributed by atoms with Crippen LogP contribution in [0.15, 0.2) is 18.2 Å². The van der Waals surface area contributed by atoms with Crippen LogP contribution in [0.3, 0.4) is 0 Å². The molecule has 7 heteroatoms. The first-order chi connectivity index (χ1) is 14.6. The molecule has 1 aromatic rings. The molecule has 2 aliphatic carbocycles. The number of hydrogen-bond acceptors (Lipinski definition) is 5. The minimum absolute atomic E-state index is 0.00249. The van der Waals surface area contributed by atoms with Gasteiger partial charge in [-0.1, -0.05) is 6.42 Å². The molecule has 4 aliphatic rings. The number of aliphatic hydroxyl groups excluding tert-OH is 1. The van der Waals surface area contributed by atoms with Crippen LogP contribution in [-0.2, 0) is 14.3 Å². The summed E-state index contributed by atoms with van der Waals surface area (Å²) in [5, 5.41) is 15.9. The zero-order valence-electron chi connectivity index (χ0n) is 17.1. The molecule has 2 amide bonds. The number of ether oxygens (including phenoxy) is 2. The summed E-state index contributed by atoms with van der Waals surface area (Å²) in [6, 6.07) is 5.74. The molecule has 2 aliphatic heterocycles. The van der Waals surface area contributed by atoms with E-state index in [4.69, 9.17) is 9.47 Å². The molecule has 7 nitrogen and oxygen atoms in total. The Kier molecular flexibility index (Phi) is 5.41. The van der Waals surface area contributed by atoms with E-state index in [1.165, 1.54) is 12.8 Å². The van der Waals surface area contributed by atoms with Crippen LogP contribution in [0, 0.1) is 11.8 Å². The summed E-state index contributed by atoms with van der Waals surface area (Å²) in [6.07, 6.45) is 5.40. The maximum Gasteiger partial charge on any atom is 0.227 e. The molecule has 3 fully saturated rings. The lowest BCUT2D eigenvalue weighted by atomic mass is 9.83. The second kappa shape index (κ2) is 8.19. The van der Waals surface area contributed by atoms with Crippen molar-refractivity contribution in [1.29, 1.82) is 0 Å². The highest BCUT2D eigenvalue weighted by atomic mass is 16.6. The quantitative estimate of drug-likeness (QED) is 0.636. The number of hydrogen-bond donors (Lipinski definition) is 3. The van der Waals surface area contributed by atoms with Crippen LogP contribution < -0.4 is 15.4 Å². The van der Waals surface area contributed by atoms with Gasteiger partial charge in [0.25, 0.3) is 0 Å². The minimum atomic E-state index is -0.467. The third kappa shape index (κ3) is 4.05. The van der Waals surface area contributed by atoms with Crippen molar-refractivity contribution in [2.75, 3.05) is 18.5 Å². The summed E-state index contributed by atoms with van der Waals surface area (Å²) in [5.74, 6) is 1.66. The van der Waals surface area contributed by atoms with Crippen molar-refractivity contribution < 1.29 is 24.2 Å². The summed E-state index contributed by atoms with van der Waals surface area (Å²) >= 11 is 0. The monoisotopic (exact) mass is 414 g/mol. The molecule has 2 saturated carbocycles. The van der Waals surface area contributed by atoms with Crippen LogP contribution in [0.2, 0.25) is 0 Å². The fourth-order valence-corrected chi connectivity index (χ4v) is 4.74. The molecular weight excluding hydrogens is 384 g/mol. The van der Waals surface area contributed by atoms with Gasteiger partial charge in [-0.25, -0.2) is 0 Å². The number of anilines is 1. The Hall–Kier alpha value is -2.12. The van der Waals surface area contributed by atoms with Crippen LogP contribution in [0.1, 0.15) is 56.4 Å². The highest BCUT2D eigenvalue weighted by Crippen LogP contribution is 2.47. The Bertz CT molecular complexity index is 820. The SMILES string of the molecule is O=C(C[C@H]1C[C@H]2c3cc(NC(=O)C4CCC4)ccc3O[C@H]2[C@H](CO)O1)NCC1CC1. The van der Waals surface area contributed by atoms with Crippen LogP contribution in [-0.4, -0.2) is 48.4 Å². The molecule has 0 radical (unpaired) electrons. The number of rotatable bonds is 7. The number of carbonyl (C=O) groups excluding carboxylic acids is 2. The molecule has 1 aromatic carbocycles. The van der Waals surface area contributed by atoms with Crippen molar-refractivity contribution in [3.05, 3.63) is 23.8 Å². The first-order valence-corrected chi connectivity index (χ1v) is 11.2. The van der Waals surface area contributed by atoms with Gasteiger partial charge in [-0.05, 0) is 56.2 Å². The number of carbonyl (C=O) groups is 2. The molecule has 0 unspecified atom stereocenters. The Balaban J connectivity index is 1.27. The van der Waals surface area contributed by atoms with Crippen LogP contribution in [0.25, 0.3) is 0 Å². The highest BCUT2D eigenvalue weighted by Gasteiger charge is 2.46. The van der Waals surface area contributed by atoms with Gasteiger partial charge in [-0.2, -0.15) is 0 Å². The van der Waals surface area contributed by atoms with Crippen LogP contribution in [0.5, 0.6) is 5.75 Å². The third-order valence-electron chi connectivity index (χ3n) is 6.94. The summed E-state index contributed by atoms with van der Waals surface area (Å²) in [4.78, 5) is 24.6.